The van der Waals surface area contributed by atoms with Gasteiger partial charge in [-0.3, -0.25) is 4.79 Å². The van der Waals surface area contributed by atoms with Crippen LogP contribution in [0.5, 0.6) is 0 Å². The average Bonchev–Trinajstić information content (AvgIpc) is 3.34. The van der Waals surface area contributed by atoms with Crippen molar-refractivity contribution in [2.24, 2.45) is 0 Å². The lowest BCUT2D eigenvalue weighted by Gasteiger charge is -2.31. The molecule has 0 radical (unpaired) electrons. The van der Waals surface area contributed by atoms with Gasteiger partial charge >= 0.3 is 0 Å². The summed E-state index contributed by atoms with van der Waals surface area (Å²) >= 11 is 3.32. The second-order valence-electron chi connectivity index (χ2n) is 7.59. The van der Waals surface area contributed by atoms with Crippen LogP contribution >= 0.6 is 23.1 Å². The highest BCUT2D eigenvalue weighted by Crippen LogP contribution is 2.39. The van der Waals surface area contributed by atoms with Gasteiger partial charge < -0.3 is 9.47 Å². The summed E-state index contributed by atoms with van der Waals surface area (Å²) in [6.07, 6.45) is 4.38. The predicted octanol–water partition coefficient (Wildman–Crippen LogP) is 4.03. The summed E-state index contributed by atoms with van der Waals surface area (Å²) in [5.41, 5.74) is 1.09. The van der Waals surface area contributed by atoms with E-state index in [0.29, 0.717) is 17.7 Å². The number of fused-ring (bicyclic) bond motifs is 1. The molecule has 2 fully saturated rings. The maximum atomic E-state index is 12.7. The van der Waals surface area contributed by atoms with Gasteiger partial charge in [-0.05, 0) is 44.7 Å². The first kappa shape index (κ1) is 18.1. The Balaban J connectivity index is 1.17. The molecule has 2 aromatic heterocycles. The number of amides is 1. The molecule has 6 nitrogen and oxygen atoms in total. The van der Waals surface area contributed by atoms with Crippen LogP contribution in [0, 0.1) is 6.92 Å². The molecule has 3 aromatic rings. The van der Waals surface area contributed by atoms with Gasteiger partial charge in [0.1, 0.15) is 5.82 Å². The monoisotopic (exact) mass is 413 g/mol. The van der Waals surface area contributed by atoms with Gasteiger partial charge in [0.05, 0.1) is 21.0 Å². The standard InChI is InChI=1S/C20H23N5OS2/c1-13-22-23-20(25(13)15-6-7-15)27-12-18(26)24-10-8-14(9-11-24)19-21-16-4-2-3-5-17(16)28-19/h2-5,14-15H,6-12H2,1H3. The normalized spacial score (nSPS) is 18.1. The van der Waals surface area contributed by atoms with Crippen LogP contribution < -0.4 is 0 Å². The number of benzene rings is 1. The van der Waals surface area contributed by atoms with Gasteiger partial charge in [-0.2, -0.15) is 0 Å². The fraction of sp³-hybridized carbons (Fsp3) is 0.500. The second-order valence-corrected chi connectivity index (χ2v) is 9.60. The lowest BCUT2D eigenvalue weighted by Crippen LogP contribution is -2.39. The number of thioether (sulfide) groups is 1. The highest BCUT2D eigenvalue weighted by Gasteiger charge is 2.30. The van der Waals surface area contributed by atoms with Crippen LogP contribution in [0.25, 0.3) is 10.2 Å². The average molecular weight is 414 g/mol. The number of thiazole rings is 1. The lowest BCUT2D eigenvalue weighted by molar-refractivity contribution is -0.129. The highest BCUT2D eigenvalue weighted by atomic mass is 32.2. The van der Waals surface area contributed by atoms with Gasteiger partial charge in [0.15, 0.2) is 5.16 Å². The summed E-state index contributed by atoms with van der Waals surface area (Å²) < 4.78 is 3.44. The van der Waals surface area contributed by atoms with Crippen LogP contribution in [0.3, 0.4) is 0 Å². The summed E-state index contributed by atoms with van der Waals surface area (Å²) in [6.45, 7) is 3.62. The van der Waals surface area contributed by atoms with Crippen molar-refractivity contribution in [2.75, 3.05) is 18.8 Å². The van der Waals surface area contributed by atoms with E-state index in [0.717, 1.165) is 42.4 Å². The minimum atomic E-state index is 0.204. The number of hydrogen-bond donors (Lipinski definition) is 0. The summed E-state index contributed by atoms with van der Waals surface area (Å²) in [5, 5.41) is 10.6. The maximum Gasteiger partial charge on any atom is 0.233 e. The van der Waals surface area contributed by atoms with E-state index in [9.17, 15) is 4.79 Å². The number of nitrogens with zero attached hydrogens (tertiary/aromatic N) is 5. The van der Waals surface area contributed by atoms with Crippen molar-refractivity contribution >= 4 is 39.2 Å². The number of rotatable bonds is 5. The Morgan fingerprint density at radius 3 is 2.71 bits per heavy atom. The molecule has 3 heterocycles. The molecule has 1 saturated carbocycles. The Morgan fingerprint density at radius 1 is 1.18 bits per heavy atom. The molecule has 1 amide bonds. The quantitative estimate of drug-likeness (QED) is 0.591. The van der Waals surface area contributed by atoms with E-state index in [-0.39, 0.29) is 5.91 Å². The zero-order chi connectivity index (χ0) is 19.1. The number of para-hydroxylation sites is 1. The zero-order valence-electron chi connectivity index (χ0n) is 15.9. The maximum absolute atomic E-state index is 12.7. The molecule has 1 aromatic carbocycles. The van der Waals surface area contributed by atoms with Crippen molar-refractivity contribution in [1.82, 2.24) is 24.6 Å². The lowest BCUT2D eigenvalue weighted by atomic mass is 9.97. The minimum absolute atomic E-state index is 0.204. The molecular formula is C20H23N5OS2. The summed E-state index contributed by atoms with van der Waals surface area (Å²) in [5.74, 6) is 2.07. The van der Waals surface area contributed by atoms with E-state index in [4.69, 9.17) is 4.98 Å². The van der Waals surface area contributed by atoms with E-state index in [1.165, 1.54) is 34.3 Å². The molecule has 0 N–H and O–H groups in total. The smallest absolute Gasteiger partial charge is 0.233 e. The van der Waals surface area contributed by atoms with Crippen LogP contribution in [0.1, 0.15) is 48.5 Å². The molecule has 8 heteroatoms. The van der Waals surface area contributed by atoms with Crippen molar-refractivity contribution in [2.45, 2.75) is 49.7 Å². The number of carbonyl (C=O) groups excluding carboxylic acids is 1. The van der Waals surface area contributed by atoms with E-state index >= 15 is 0 Å². The summed E-state index contributed by atoms with van der Waals surface area (Å²) in [6, 6.07) is 8.85. The van der Waals surface area contributed by atoms with Gasteiger partial charge in [-0.25, -0.2) is 4.98 Å². The molecule has 1 aliphatic carbocycles. The number of carbonyl (C=O) groups is 1. The minimum Gasteiger partial charge on any atom is -0.342 e. The first-order chi connectivity index (χ1) is 13.7. The zero-order valence-corrected chi connectivity index (χ0v) is 17.5. The van der Waals surface area contributed by atoms with Crippen LogP contribution in [-0.4, -0.2) is 49.4 Å². The van der Waals surface area contributed by atoms with Crippen molar-refractivity contribution in [3.05, 3.63) is 35.1 Å². The molecule has 1 aliphatic heterocycles. The third kappa shape index (κ3) is 3.55. The van der Waals surface area contributed by atoms with Crippen LogP contribution in [0.2, 0.25) is 0 Å². The van der Waals surface area contributed by atoms with E-state index in [1.807, 2.05) is 17.9 Å². The molecule has 0 unspecified atom stereocenters. The van der Waals surface area contributed by atoms with Gasteiger partial charge in [0.25, 0.3) is 0 Å². The van der Waals surface area contributed by atoms with Crippen molar-refractivity contribution in [1.29, 1.82) is 0 Å². The predicted molar refractivity (Wildman–Crippen MR) is 112 cm³/mol. The Morgan fingerprint density at radius 2 is 1.96 bits per heavy atom. The first-order valence-electron chi connectivity index (χ1n) is 9.86. The van der Waals surface area contributed by atoms with Gasteiger partial charge in [0, 0.05) is 25.0 Å². The van der Waals surface area contributed by atoms with Crippen LogP contribution in [0.15, 0.2) is 29.4 Å². The fourth-order valence-electron chi connectivity index (χ4n) is 3.86. The number of aromatic nitrogens is 4. The molecular weight excluding hydrogens is 390 g/mol. The van der Waals surface area contributed by atoms with Crippen molar-refractivity contribution in [3.63, 3.8) is 0 Å². The largest absolute Gasteiger partial charge is 0.342 e. The molecule has 0 atom stereocenters. The third-order valence-electron chi connectivity index (χ3n) is 5.58. The van der Waals surface area contributed by atoms with E-state index in [1.54, 1.807) is 11.3 Å². The molecule has 0 bridgehead atoms. The number of piperidine rings is 1. The van der Waals surface area contributed by atoms with E-state index < -0.39 is 0 Å². The topological polar surface area (TPSA) is 63.9 Å². The number of hydrogen-bond acceptors (Lipinski definition) is 6. The van der Waals surface area contributed by atoms with Gasteiger partial charge in [-0.1, -0.05) is 23.9 Å². The molecule has 5 rings (SSSR count). The number of aryl methyl sites for hydroxylation is 1. The fourth-order valence-corrected chi connectivity index (χ4v) is 5.95. The molecule has 2 aliphatic rings. The van der Waals surface area contributed by atoms with Crippen molar-refractivity contribution < 1.29 is 4.79 Å². The molecule has 28 heavy (non-hydrogen) atoms. The first-order valence-corrected chi connectivity index (χ1v) is 11.7. The van der Waals surface area contributed by atoms with Gasteiger partial charge in [-0.15, -0.1) is 21.5 Å². The van der Waals surface area contributed by atoms with E-state index in [2.05, 4.69) is 33.0 Å². The molecule has 1 saturated heterocycles. The Bertz CT molecular complexity index is 968. The number of likely N-dealkylation sites (tertiary alicyclic amines) is 1. The van der Waals surface area contributed by atoms with Gasteiger partial charge in [0.2, 0.25) is 5.91 Å². The second kappa shape index (κ2) is 7.48. The molecule has 146 valence electrons. The SMILES string of the molecule is Cc1nnc(SCC(=O)N2CCC(c3nc4ccccc4s3)CC2)n1C1CC1. The van der Waals surface area contributed by atoms with Crippen molar-refractivity contribution in [3.8, 4) is 0 Å². The Hall–Kier alpha value is -1.93. The van der Waals surface area contributed by atoms with Crippen LogP contribution in [0.4, 0.5) is 0 Å². The summed E-state index contributed by atoms with van der Waals surface area (Å²) in [7, 11) is 0. The summed E-state index contributed by atoms with van der Waals surface area (Å²) in [4.78, 5) is 19.5. The Kier molecular flexibility index (Phi) is 4.84. The van der Waals surface area contributed by atoms with Crippen LogP contribution in [-0.2, 0) is 4.79 Å². The molecule has 0 spiro atoms. The Labute approximate surface area is 172 Å². The highest BCUT2D eigenvalue weighted by molar-refractivity contribution is 7.99. The third-order valence-corrected chi connectivity index (χ3v) is 7.71.